The average Bonchev–Trinajstić information content (AvgIpc) is 3.35. The van der Waals surface area contributed by atoms with E-state index in [4.69, 9.17) is 11.6 Å². The summed E-state index contributed by atoms with van der Waals surface area (Å²) < 4.78 is 26.7. The largest absolute Gasteiger partial charge is 0.339 e. The van der Waals surface area contributed by atoms with Crippen molar-refractivity contribution in [2.75, 3.05) is 31.5 Å². The van der Waals surface area contributed by atoms with Crippen molar-refractivity contribution in [3.05, 3.63) is 59.1 Å². The second-order valence-electron chi connectivity index (χ2n) is 8.17. The minimum atomic E-state index is -3.47. The van der Waals surface area contributed by atoms with Gasteiger partial charge in [0.15, 0.2) is 0 Å². The number of piperidine rings is 1. The molecule has 0 aromatic heterocycles. The predicted octanol–water partition coefficient (Wildman–Crippen LogP) is 3.62. The number of sulfonamides is 1. The van der Waals surface area contributed by atoms with Gasteiger partial charge >= 0.3 is 0 Å². The molecule has 2 aromatic rings. The third kappa shape index (κ3) is 4.82. The second-order valence-corrected chi connectivity index (χ2v) is 10.5. The summed E-state index contributed by atoms with van der Waals surface area (Å²) >= 11 is 6.13. The number of benzene rings is 2. The number of halogens is 1. The molecule has 2 aliphatic heterocycles. The van der Waals surface area contributed by atoms with Crippen molar-refractivity contribution in [3.63, 3.8) is 0 Å². The average molecular weight is 476 g/mol. The molecule has 2 fully saturated rings. The van der Waals surface area contributed by atoms with Crippen molar-refractivity contribution < 1.29 is 18.0 Å². The molecular formula is C23H26ClN3O4S. The Kier molecular flexibility index (Phi) is 6.83. The Balaban J connectivity index is 1.32. The number of hydrogen-bond acceptors (Lipinski definition) is 4. The normalized spacial score (nSPS) is 18.0. The molecule has 0 atom stereocenters. The molecule has 0 aliphatic carbocycles. The Hall–Kier alpha value is -2.42. The highest BCUT2D eigenvalue weighted by atomic mass is 35.5. The van der Waals surface area contributed by atoms with Crippen LogP contribution in [0.3, 0.4) is 0 Å². The summed E-state index contributed by atoms with van der Waals surface area (Å²) in [5.41, 5.74) is 1.03. The molecule has 0 radical (unpaired) electrons. The van der Waals surface area contributed by atoms with Crippen molar-refractivity contribution >= 4 is 39.1 Å². The van der Waals surface area contributed by atoms with E-state index in [-0.39, 0.29) is 22.6 Å². The molecular weight excluding hydrogens is 450 g/mol. The van der Waals surface area contributed by atoms with Gasteiger partial charge in [0.2, 0.25) is 15.9 Å². The van der Waals surface area contributed by atoms with E-state index in [0.29, 0.717) is 55.3 Å². The maximum Gasteiger partial charge on any atom is 0.255 e. The van der Waals surface area contributed by atoms with Crippen LogP contribution in [0.2, 0.25) is 5.02 Å². The van der Waals surface area contributed by atoms with Gasteiger partial charge in [-0.3, -0.25) is 9.59 Å². The topological polar surface area (TPSA) is 86.8 Å². The molecule has 0 saturated carbocycles. The quantitative estimate of drug-likeness (QED) is 0.715. The van der Waals surface area contributed by atoms with Gasteiger partial charge in [-0.25, -0.2) is 8.42 Å². The second kappa shape index (κ2) is 9.60. The number of nitrogens with zero attached hydrogens (tertiary/aromatic N) is 2. The van der Waals surface area contributed by atoms with Crippen LogP contribution in [0.25, 0.3) is 0 Å². The summed E-state index contributed by atoms with van der Waals surface area (Å²) in [5, 5.41) is 3.30. The van der Waals surface area contributed by atoms with Crippen LogP contribution in [0.4, 0.5) is 5.69 Å². The third-order valence-corrected chi connectivity index (χ3v) is 8.32. The maximum absolute atomic E-state index is 12.7. The molecule has 2 amide bonds. The zero-order valence-electron chi connectivity index (χ0n) is 17.7. The summed E-state index contributed by atoms with van der Waals surface area (Å²) in [5.74, 6) is -0.451. The number of hydrogen-bond donors (Lipinski definition) is 1. The lowest BCUT2D eigenvalue weighted by Gasteiger charge is -2.31. The Bertz CT molecular complexity index is 1090. The summed E-state index contributed by atoms with van der Waals surface area (Å²) in [6, 6.07) is 13.3. The fourth-order valence-electron chi connectivity index (χ4n) is 4.18. The first kappa shape index (κ1) is 22.8. The number of rotatable bonds is 5. The molecule has 1 N–H and O–H groups in total. The zero-order chi connectivity index (χ0) is 22.7. The maximum atomic E-state index is 12.7. The van der Waals surface area contributed by atoms with Gasteiger partial charge in [-0.1, -0.05) is 23.7 Å². The molecule has 0 bridgehead atoms. The van der Waals surface area contributed by atoms with Crippen molar-refractivity contribution in [1.29, 1.82) is 0 Å². The molecule has 0 unspecified atom stereocenters. The Labute approximate surface area is 193 Å². The van der Waals surface area contributed by atoms with Crippen LogP contribution in [0, 0.1) is 5.92 Å². The van der Waals surface area contributed by atoms with E-state index in [2.05, 4.69) is 5.32 Å². The van der Waals surface area contributed by atoms with E-state index < -0.39 is 10.0 Å². The van der Waals surface area contributed by atoms with Gasteiger partial charge in [-0.05, 0) is 62.1 Å². The van der Waals surface area contributed by atoms with Gasteiger partial charge < -0.3 is 10.2 Å². The molecule has 0 spiro atoms. The first-order chi connectivity index (χ1) is 15.4. The first-order valence-electron chi connectivity index (χ1n) is 10.8. The lowest BCUT2D eigenvalue weighted by atomic mass is 9.95. The summed E-state index contributed by atoms with van der Waals surface area (Å²) in [6.07, 6.45) is 2.89. The van der Waals surface area contributed by atoms with Gasteiger partial charge in [0, 0.05) is 37.8 Å². The molecule has 7 nitrogen and oxygen atoms in total. The number of likely N-dealkylation sites (tertiary alicyclic amines) is 1. The van der Waals surface area contributed by atoms with Gasteiger partial charge in [0.1, 0.15) is 0 Å². The minimum absolute atomic E-state index is 0.120. The molecule has 2 heterocycles. The minimum Gasteiger partial charge on any atom is -0.339 e. The summed E-state index contributed by atoms with van der Waals surface area (Å²) in [6.45, 7) is 2.07. The lowest BCUT2D eigenvalue weighted by molar-refractivity contribution is -0.121. The number of anilines is 1. The standard InChI is InChI=1S/C23H26ClN3O4S/c24-21-6-2-1-5-20(21)23(29)26-15-11-17(12-16-26)22(28)25-18-7-9-19(10-8-18)32(30,31)27-13-3-4-14-27/h1-2,5-10,17H,3-4,11-16H2,(H,25,28). The van der Waals surface area contributed by atoms with E-state index in [1.807, 2.05) is 0 Å². The Morgan fingerprint density at radius 1 is 0.906 bits per heavy atom. The molecule has 2 aromatic carbocycles. The fourth-order valence-corrected chi connectivity index (χ4v) is 5.92. The highest BCUT2D eigenvalue weighted by molar-refractivity contribution is 7.89. The van der Waals surface area contributed by atoms with Crippen LogP contribution in [0.5, 0.6) is 0 Å². The van der Waals surface area contributed by atoms with E-state index in [0.717, 1.165) is 12.8 Å². The Morgan fingerprint density at radius 3 is 2.16 bits per heavy atom. The smallest absolute Gasteiger partial charge is 0.255 e. The molecule has 9 heteroatoms. The number of amides is 2. The predicted molar refractivity (Wildman–Crippen MR) is 123 cm³/mol. The molecule has 170 valence electrons. The van der Waals surface area contributed by atoms with Crippen LogP contribution >= 0.6 is 11.6 Å². The summed E-state index contributed by atoms with van der Waals surface area (Å²) in [4.78, 5) is 27.3. The fraction of sp³-hybridized carbons (Fsp3) is 0.391. The lowest BCUT2D eigenvalue weighted by Crippen LogP contribution is -2.41. The summed E-state index contributed by atoms with van der Waals surface area (Å²) in [7, 11) is -3.47. The molecule has 2 saturated heterocycles. The zero-order valence-corrected chi connectivity index (χ0v) is 19.2. The third-order valence-electron chi connectivity index (χ3n) is 6.08. The van der Waals surface area contributed by atoms with E-state index in [9.17, 15) is 18.0 Å². The molecule has 2 aliphatic rings. The van der Waals surface area contributed by atoms with Crippen LogP contribution in [-0.2, 0) is 14.8 Å². The van der Waals surface area contributed by atoms with E-state index >= 15 is 0 Å². The van der Waals surface area contributed by atoms with Crippen LogP contribution in [-0.4, -0.2) is 55.6 Å². The van der Waals surface area contributed by atoms with Gasteiger partial charge in [-0.2, -0.15) is 4.31 Å². The van der Waals surface area contributed by atoms with Gasteiger partial charge in [0.05, 0.1) is 15.5 Å². The van der Waals surface area contributed by atoms with Crippen LogP contribution in [0.15, 0.2) is 53.4 Å². The van der Waals surface area contributed by atoms with Crippen LogP contribution < -0.4 is 5.32 Å². The van der Waals surface area contributed by atoms with Crippen molar-refractivity contribution in [2.45, 2.75) is 30.6 Å². The highest BCUT2D eigenvalue weighted by Crippen LogP contribution is 2.25. The van der Waals surface area contributed by atoms with Crippen molar-refractivity contribution in [1.82, 2.24) is 9.21 Å². The van der Waals surface area contributed by atoms with Crippen molar-refractivity contribution in [3.8, 4) is 0 Å². The van der Waals surface area contributed by atoms with Gasteiger partial charge in [0.25, 0.3) is 5.91 Å². The van der Waals surface area contributed by atoms with E-state index in [1.54, 1.807) is 41.3 Å². The number of nitrogens with one attached hydrogen (secondary N) is 1. The van der Waals surface area contributed by atoms with E-state index in [1.165, 1.54) is 16.4 Å². The Morgan fingerprint density at radius 2 is 1.53 bits per heavy atom. The first-order valence-corrected chi connectivity index (χ1v) is 12.6. The molecule has 32 heavy (non-hydrogen) atoms. The molecule has 4 rings (SSSR count). The monoisotopic (exact) mass is 475 g/mol. The van der Waals surface area contributed by atoms with Crippen molar-refractivity contribution in [2.24, 2.45) is 5.92 Å². The van der Waals surface area contributed by atoms with Crippen LogP contribution in [0.1, 0.15) is 36.0 Å². The van der Waals surface area contributed by atoms with Gasteiger partial charge in [-0.15, -0.1) is 0 Å². The highest BCUT2D eigenvalue weighted by Gasteiger charge is 2.29. The number of carbonyl (C=O) groups is 2. The number of carbonyl (C=O) groups excluding carboxylic acids is 2. The SMILES string of the molecule is O=C(Nc1ccc(S(=O)(=O)N2CCCC2)cc1)C1CCN(C(=O)c2ccccc2Cl)CC1.